The molecule has 0 bridgehead atoms. The molecule has 0 spiro atoms. The molecule has 156 valence electrons. The van der Waals surface area contributed by atoms with Gasteiger partial charge in [0.2, 0.25) is 5.88 Å². The lowest BCUT2D eigenvalue weighted by Gasteiger charge is -2.08. The molecule has 0 saturated carbocycles. The predicted molar refractivity (Wildman–Crippen MR) is 115 cm³/mol. The first-order valence-corrected chi connectivity index (χ1v) is 9.70. The van der Waals surface area contributed by atoms with Crippen LogP contribution in [0.5, 0.6) is 11.6 Å². The van der Waals surface area contributed by atoms with Crippen molar-refractivity contribution in [3.63, 3.8) is 0 Å². The highest BCUT2D eigenvalue weighted by molar-refractivity contribution is 5.89. The number of benzene rings is 2. The smallest absolute Gasteiger partial charge is 0.319 e. The molecule has 0 aliphatic heterocycles. The summed E-state index contributed by atoms with van der Waals surface area (Å²) in [5.74, 6) is 0.476. The number of amides is 2. The Kier molecular flexibility index (Phi) is 6.18. The van der Waals surface area contributed by atoms with E-state index >= 15 is 0 Å². The summed E-state index contributed by atoms with van der Waals surface area (Å²) < 4.78 is 20.3. The van der Waals surface area contributed by atoms with Crippen LogP contribution in [0.4, 0.5) is 14.9 Å². The van der Waals surface area contributed by atoms with E-state index in [2.05, 4.69) is 20.7 Å². The normalized spacial score (nSPS) is 10.5. The first-order valence-electron chi connectivity index (χ1n) is 9.70. The lowest BCUT2D eigenvalue weighted by Crippen LogP contribution is -2.30. The van der Waals surface area contributed by atoms with E-state index in [1.165, 1.54) is 30.5 Å². The van der Waals surface area contributed by atoms with Gasteiger partial charge in [0.05, 0.1) is 23.3 Å². The SMILES string of the molecule is O=C(NCCc1ccn(-c2ccccc2)n1)Nc1ccc(Oc2ccc(F)cc2)nc1. The number of aromatic nitrogens is 3. The number of para-hydroxylation sites is 1. The molecular weight excluding hydrogens is 397 g/mol. The molecule has 2 N–H and O–H groups in total. The third kappa shape index (κ3) is 5.66. The molecule has 7 nitrogen and oxygen atoms in total. The van der Waals surface area contributed by atoms with Crippen molar-refractivity contribution in [2.24, 2.45) is 0 Å². The van der Waals surface area contributed by atoms with Crippen LogP contribution >= 0.6 is 0 Å². The van der Waals surface area contributed by atoms with E-state index < -0.39 is 0 Å². The number of carbonyl (C=O) groups excluding carboxylic acids is 1. The fourth-order valence-corrected chi connectivity index (χ4v) is 2.84. The number of carbonyl (C=O) groups is 1. The number of hydrogen-bond donors (Lipinski definition) is 2. The Morgan fingerprint density at radius 1 is 1.00 bits per heavy atom. The quantitative estimate of drug-likeness (QED) is 0.462. The summed E-state index contributed by atoms with van der Waals surface area (Å²) >= 11 is 0. The zero-order chi connectivity index (χ0) is 21.5. The fourth-order valence-electron chi connectivity index (χ4n) is 2.84. The van der Waals surface area contributed by atoms with Gasteiger partial charge < -0.3 is 15.4 Å². The zero-order valence-electron chi connectivity index (χ0n) is 16.5. The Morgan fingerprint density at radius 2 is 1.81 bits per heavy atom. The van der Waals surface area contributed by atoms with Gasteiger partial charge in [-0.3, -0.25) is 0 Å². The average molecular weight is 417 g/mol. The van der Waals surface area contributed by atoms with Crippen LogP contribution in [0, 0.1) is 5.82 Å². The van der Waals surface area contributed by atoms with Gasteiger partial charge in [-0.15, -0.1) is 0 Å². The molecule has 2 aromatic heterocycles. The van der Waals surface area contributed by atoms with Crippen LogP contribution in [-0.4, -0.2) is 27.3 Å². The van der Waals surface area contributed by atoms with Gasteiger partial charge >= 0.3 is 6.03 Å². The second-order valence-electron chi connectivity index (χ2n) is 6.66. The summed E-state index contributed by atoms with van der Waals surface area (Å²) in [7, 11) is 0. The lowest BCUT2D eigenvalue weighted by molar-refractivity contribution is 0.252. The first-order chi connectivity index (χ1) is 15.2. The molecule has 2 heterocycles. The van der Waals surface area contributed by atoms with Crippen LogP contribution in [0.1, 0.15) is 5.69 Å². The molecule has 2 aromatic carbocycles. The number of hydrogen-bond acceptors (Lipinski definition) is 4. The molecule has 0 atom stereocenters. The van der Waals surface area contributed by atoms with Crippen molar-refractivity contribution in [2.45, 2.75) is 6.42 Å². The van der Waals surface area contributed by atoms with Gasteiger partial charge in [0, 0.05) is 25.2 Å². The summed E-state index contributed by atoms with van der Waals surface area (Å²) in [5.41, 5.74) is 2.39. The number of anilines is 1. The average Bonchev–Trinajstić information content (AvgIpc) is 3.26. The Morgan fingerprint density at radius 3 is 2.55 bits per heavy atom. The highest BCUT2D eigenvalue weighted by atomic mass is 19.1. The second-order valence-corrected chi connectivity index (χ2v) is 6.66. The van der Waals surface area contributed by atoms with E-state index in [0.717, 1.165) is 11.4 Å². The highest BCUT2D eigenvalue weighted by Crippen LogP contribution is 2.20. The molecule has 2 amide bonds. The molecule has 8 heteroatoms. The summed E-state index contributed by atoms with van der Waals surface area (Å²) in [6.45, 7) is 0.441. The predicted octanol–water partition coefficient (Wildman–Crippen LogP) is 4.56. The van der Waals surface area contributed by atoms with Crippen molar-refractivity contribution in [1.29, 1.82) is 0 Å². The Bertz CT molecular complexity index is 1130. The van der Waals surface area contributed by atoms with Gasteiger partial charge in [-0.2, -0.15) is 5.10 Å². The van der Waals surface area contributed by atoms with Crippen molar-refractivity contribution in [3.05, 3.63) is 96.7 Å². The van der Waals surface area contributed by atoms with Crippen molar-refractivity contribution >= 4 is 11.7 Å². The van der Waals surface area contributed by atoms with E-state index in [-0.39, 0.29) is 11.8 Å². The van der Waals surface area contributed by atoms with Crippen LogP contribution in [-0.2, 0) is 6.42 Å². The summed E-state index contributed by atoms with van der Waals surface area (Å²) in [4.78, 5) is 16.2. The van der Waals surface area contributed by atoms with Crippen molar-refractivity contribution in [3.8, 4) is 17.3 Å². The molecule has 4 rings (SSSR count). The Labute approximate surface area is 178 Å². The van der Waals surface area contributed by atoms with Gasteiger partial charge in [-0.25, -0.2) is 18.9 Å². The number of nitrogens with one attached hydrogen (secondary N) is 2. The standard InChI is InChI=1S/C23H20FN5O2/c24-17-6-9-21(10-7-17)31-22-11-8-19(16-26-22)27-23(30)25-14-12-18-13-15-29(28-18)20-4-2-1-3-5-20/h1-11,13,15-16H,12,14H2,(H2,25,27,30). The molecule has 4 aromatic rings. The molecule has 0 radical (unpaired) electrons. The van der Waals surface area contributed by atoms with E-state index in [1.807, 2.05) is 42.6 Å². The molecule has 31 heavy (non-hydrogen) atoms. The topological polar surface area (TPSA) is 81.1 Å². The molecule has 0 unspecified atom stereocenters. The summed E-state index contributed by atoms with van der Waals surface area (Å²) in [6.07, 6.45) is 3.99. The van der Waals surface area contributed by atoms with E-state index in [1.54, 1.807) is 16.8 Å². The number of halogens is 1. The number of urea groups is 1. The van der Waals surface area contributed by atoms with Crippen molar-refractivity contribution in [1.82, 2.24) is 20.1 Å². The first kappa shape index (κ1) is 20.1. The Balaban J connectivity index is 1.23. The largest absolute Gasteiger partial charge is 0.439 e. The van der Waals surface area contributed by atoms with Crippen LogP contribution < -0.4 is 15.4 Å². The lowest BCUT2D eigenvalue weighted by atomic mass is 10.3. The maximum absolute atomic E-state index is 12.9. The van der Waals surface area contributed by atoms with Gasteiger partial charge in [0.15, 0.2) is 0 Å². The highest BCUT2D eigenvalue weighted by Gasteiger charge is 2.05. The van der Waals surface area contributed by atoms with Crippen LogP contribution in [0.15, 0.2) is 85.2 Å². The maximum atomic E-state index is 12.9. The third-order valence-electron chi connectivity index (χ3n) is 4.36. The number of pyridine rings is 1. The van der Waals surface area contributed by atoms with Crippen molar-refractivity contribution in [2.75, 3.05) is 11.9 Å². The number of nitrogens with zero attached hydrogens (tertiary/aromatic N) is 3. The minimum absolute atomic E-state index is 0.337. The number of rotatable bonds is 7. The second kappa shape index (κ2) is 9.53. The monoisotopic (exact) mass is 417 g/mol. The van der Waals surface area contributed by atoms with E-state index in [9.17, 15) is 9.18 Å². The molecule has 0 fully saturated rings. The molecular formula is C23H20FN5O2. The number of ether oxygens (including phenoxy) is 1. The van der Waals surface area contributed by atoms with Gasteiger partial charge in [0.25, 0.3) is 0 Å². The van der Waals surface area contributed by atoms with Gasteiger partial charge in [-0.1, -0.05) is 18.2 Å². The minimum Gasteiger partial charge on any atom is -0.439 e. The molecule has 0 saturated heterocycles. The summed E-state index contributed by atoms with van der Waals surface area (Å²) in [5, 5.41) is 10.0. The van der Waals surface area contributed by atoms with E-state index in [0.29, 0.717) is 30.3 Å². The van der Waals surface area contributed by atoms with Crippen LogP contribution in [0.25, 0.3) is 5.69 Å². The van der Waals surface area contributed by atoms with Gasteiger partial charge in [-0.05, 0) is 48.5 Å². The molecule has 0 aliphatic carbocycles. The van der Waals surface area contributed by atoms with Crippen LogP contribution in [0.3, 0.4) is 0 Å². The van der Waals surface area contributed by atoms with Crippen LogP contribution in [0.2, 0.25) is 0 Å². The van der Waals surface area contributed by atoms with Crippen molar-refractivity contribution < 1.29 is 13.9 Å². The Hall–Kier alpha value is -4.20. The molecule has 0 aliphatic rings. The van der Waals surface area contributed by atoms with Gasteiger partial charge in [0.1, 0.15) is 11.6 Å². The third-order valence-corrected chi connectivity index (χ3v) is 4.36. The van der Waals surface area contributed by atoms with E-state index in [4.69, 9.17) is 4.74 Å². The zero-order valence-corrected chi connectivity index (χ0v) is 16.5. The summed E-state index contributed by atoms with van der Waals surface area (Å²) in [6, 6.07) is 20.4. The minimum atomic E-state index is -0.338. The maximum Gasteiger partial charge on any atom is 0.319 e. The fraction of sp³-hybridized carbons (Fsp3) is 0.0870.